The van der Waals surface area contributed by atoms with E-state index >= 15 is 0 Å². The molecule has 2 aromatic carbocycles. The largest absolute Gasteiger partial charge is 0.433 e. The van der Waals surface area contributed by atoms with E-state index in [1.807, 2.05) is 6.07 Å². The topological polar surface area (TPSA) is 51.2 Å². The SMILES string of the molecule is Cc1nc(-c2cccc(Cl)c2)sc1C(=O)Nc1ccccc1OC(F)F. The molecule has 3 aromatic rings. The number of benzene rings is 2. The molecule has 0 fully saturated rings. The second kappa shape index (κ2) is 7.80. The van der Waals surface area contributed by atoms with Gasteiger partial charge in [-0.2, -0.15) is 8.78 Å². The van der Waals surface area contributed by atoms with Gasteiger partial charge in [0.2, 0.25) is 0 Å². The van der Waals surface area contributed by atoms with Gasteiger partial charge in [0.1, 0.15) is 15.6 Å². The van der Waals surface area contributed by atoms with Gasteiger partial charge in [-0.25, -0.2) is 4.98 Å². The van der Waals surface area contributed by atoms with Gasteiger partial charge in [-0.3, -0.25) is 4.79 Å². The van der Waals surface area contributed by atoms with Gasteiger partial charge in [0.15, 0.2) is 0 Å². The molecule has 0 aliphatic rings. The number of rotatable bonds is 5. The lowest BCUT2D eigenvalue weighted by Gasteiger charge is -2.11. The third-order valence-electron chi connectivity index (χ3n) is 3.43. The molecule has 26 heavy (non-hydrogen) atoms. The summed E-state index contributed by atoms with van der Waals surface area (Å²) >= 11 is 7.19. The highest BCUT2D eigenvalue weighted by molar-refractivity contribution is 7.17. The maximum Gasteiger partial charge on any atom is 0.387 e. The van der Waals surface area contributed by atoms with Crippen LogP contribution >= 0.6 is 22.9 Å². The van der Waals surface area contributed by atoms with Crippen molar-refractivity contribution in [2.24, 2.45) is 0 Å². The number of para-hydroxylation sites is 2. The summed E-state index contributed by atoms with van der Waals surface area (Å²) in [7, 11) is 0. The normalized spacial score (nSPS) is 10.8. The minimum absolute atomic E-state index is 0.104. The first-order valence-electron chi connectivity index (χ1n) is 7.52. The van der Waals surface area contributed by atoms with Gasteiger partial charge in [0.25, 0.3) is 5.91 Å². The number of carbonyl (C=O) groups excluding carboxylic acids is 1. The van der Waals surface area contributed by atoms with Gasteiger partial charge < -0.3 is 10.1 Å². The van der Waals surface area contributed by atoms with Crippen LogP contribution in [-0.2, 0) is 0 Å². The predicted molar refractivity (Wildman–Crippen MR) is 98.3 cm³/mol. The molecule has 0 spiro atoms. The molecule has 0 aliphatic heterocycles. The van der Waals surface area contributed by atoms with E-state index in [9.17, 15) is 13.6 Å². The predicted octanol–water partition coefficient (Wildman–Crippen LogP) is 5.63. The lowest BCUT2D eigenvalue weighted by Crippen LogP contribution is -2.13. The lowest BCUT2D eigenvalue weighted by molar-refractivity contribution is -0.0493. The van der Waals surface area contributed by atoms with Crippen LogP contribution in [0.25, 0.3) is 10.6 Å². The number of halogens is 3. The summed E-state index contributed by atoms with van der Waals surface area (Å²) < 4.78 is 29.4. The van der Waals surface area contributed by atoms with Gasteiger partial charge in [-0.15, -0.1) is 11.3 Å². The number of carbonyl (C=O) groups is 1. The van der Waals surface area contributed by atoms with Crippen LogP contribution < -0.4 is 10.1 Å². The van der Waals surface area contributed by atoms with Crippen molar-refractivity contribution in [3.63, 3.8) is 0 Å². The van der Waals surface area contributed by atoms with Gasteiger partial charge in [0.05, 0.1) is 11.4 Å². The van der Waals surface area contributed by atoms with Crippen LogP contribution in [0, 0.1) is 6.92 Å². The number of nitrogens with zero attached hydrogens (tertiary/aromatic N) is 1. The second-order valence-corrected chi connectivity index (χ2v) is 6.71. The number of alkyl halides is 2. The number of aryl methyl sites for hydroxylation is 1. The molecular formula is C18H13ClF2N2O2S. The van der Waals surface area contributed by atoms with E-state index in [1.54, 1.807) is 37.3 Å². The average molecular weight is 395 g/mol. The number of hydrogen-bond acceptors (Lipinski definition) is 4. The summed E-state index contributed by atoms with van der Waals surface area (Å²) in [6, 6.07) is 13.2. The molecule has 4 nitrogen and oxygen atoms in total. The summed E-state index contributed by atoms with van der Waals surface area (Å²) in [5.41, 5.74) is 1.50. The van der Waals surface area contributed by atoms with Gasteiger partial charge in [0, 0.05) is 10.6 Å². The number of aromatic nitrogens is 1. The molecule has 134 valence electrons. The molecule has 8 heteroatoms. The Morgan fingerprint density at radius 3 is 2.73 bits per heavy atom. The smallest absolute Gasteiger partial charge is 0.387 e. The summed E-state index contributed by atoms with van der Waals surface area (Å²) in [5, 5.41) is 3.81. The van der Waals surface area contributed by atoms with Crippen molar-refractivity contribution in [1.29, 1.82) is 0 Å². The van der Waals surface area contributed by atoms with Crippen LogP contribution in [0.4, 0.5) is 14.5 Å². The van der Waals surface area contributed by atoms with Crippen molar-refractivity contribution in [2.45, 2.75) is 13.5 Å². The molecule has 1 heterocycles. The molecule has 0 radical (unpaired) electrons. The minimum Gasteiger partial charge on any atom is -0.433 e. The third-order valence-corrected chi connectivity index (χ3v) is 4.87. The Hall–Kier alpha value is -2.51. The third kappa shape index (κ3) is 4.17. The van der Waals surface area contributed by atoms with Crippen LogP contribution in [0.3, 0.4) is 0 Å². The maximum atomic E-state index is 12.6. The van der Waals surface area contributed by atoms with Crippen LogP contribution in [-0.4, -0.2) is 17.5 Å². The van der Waals surface area contributed by atoms with E-state index in [2.05, 4.69) is 15.0 Å². The first-order valence-corrected chi connectivity index (χ1v) is 8.72. The number of hydrogen-bond donors (Lipinski definition) is 1. The number of nitrogens with one attached hydrogen (secondary N) is 1. The molecule has 0 aliphatic carbocycles. The van der Waals surface area contributed by atoms with Crippen molar-refractivity contribution in [3.05, 3.63) is 64.1 Å². The highest BCUT2D eigenvalue weighted by atomic mass is 35.5. The Kier molecular flexibility index (Phi) is 5.49. The maximum absolute atomic E-state index is 12.6. The summed E-state index contributed by atoms with van der Waals surface area (Å²) in [5.74, 6) is -0.549. The van der Waals surface area contributed by atoms with Crippen LogP contribution in [0.2, 0.25) is 5.02 Å². The Labute approximate surface area is 157 Å². The zero-order valence-electron chi connectivity index (χ0n) is 13.5. The zero-order chi connectivity index (χ0) is 18.7. The first-order chi connectivity index (χ1) is 12.4. The van der Waals surface area contributed by atoms with E-state index in [-0.39, 0.29) is 11.4 Å². The summed E-state index contributed by atoms with van der Waals surface area (Å²) in [6.07, 6.45) is 0. The van der Waals surface area contributed by atoms with Crippen molar-refractivity contribution in [1.82, 2.24) is 4.98 Å². The highest BCUT2D eigenvalue weighted by Crippen LogP contribution is 2.31. The van der Waals surface area contributed by atoms with Gasteiger partial charge in [-0.1, -0.05) is 35.9 Å². The van der Waals surface area contributed by atoms with Crippen molar-refractivity contribution < 1.29 is 18.3 Å². The van der Waals surface area contributed by atoms with Crippen LogP contribution in [0.5, 0.6) is 5.75 Å². The van der Waals surface area contributed by atoms with E-state index in [1.165, 1.54) is 23.5 Å². The Balaban J connectivity index is 1.86. The van der Waals surface area contributed by atoms with Crippen molar-refractivity contribution in [2.75, 3.05) is 5.32 Å². The molecule has 3 rings (SSSR count). The quantitative estimate of drug-likeness (QED) is 0.610. The number of anilines is 1. The minimum atomic E-state index is -2.98. The number of thiazole rings is 1. The summed E-state index contributed by atoms with van der Waals surface area (Å²) in [6.45, 7) is -1.27. The Morgan fingerprint density at radius 1 is 1.23 bits per heavy atom. The molecule has 1 N–H and O–H groups in total. The fraction of sp³-hybridized carbons (Fsp3) is 0.111. The summed E-state index contributed by atoms with van der Waals surface area (Å²) in [4.78, 5) is 17.4. The second-order valence-electron chi connectivity index (χ2n) is 5.27. The fourth-order valence-corrected chi connectivity index (χ4v) is 3.45. The molecule has 0 bridgehead atoms. The zero-order valence-corrected chi connectivity index (χ0v) is 15.1. The molecular weight excluding hydrogens is 382 g/mol. The van der Waals surface area contributed by atoms with E-state index in [0.29, 0.717) is 20.6 Å². The molecule has 0 saturated carbocycles. The van der Waals surface area contributed by atoms with Crippen LogP contribution in [0.1, 0.15) is 15.4 Å². The van der Waals surface area contributed by atoms with E-state index < -0.39 is 12.5 Å². The molecule has 1 aromatic heterocycles. The van der Waals surface area contributed by atoms with Crippen molar-refractivity contribution in [3.8, 4) is 16.3 Å². The first kappa shape index (κ1) is 18.3. The van der Waals surface area contributed by atoms with Crippen molar-refractivity contribution >= 4 is 34.5 Å². The molecule has 0 unspecified atom stereocenters. The average Bonchev–Trinajstić information content (AvgIpc) is 2.98. The van der Waals surface area contributed by atoms with E-state index in [4.69, 9.17) is 11.6 Å². The Bertz CT molecular complexity index is 946. The highest BCUT2D eigenvalue weighted by Gasteiger charge is 2.18. The molecule has 0 atom stereocenters. The van der Waals surface area contributed by atoms with Crippen LogP contribution in [0.15, 0.2) is 48.5 Å². The number of amides is 1. The monoisotopic (exact) mass is 394 g/mol. The van der Waals surface area contributed by atoms with E-state index in [0.717, 1.165) is 5.56 Å². The number of ether oxygens (including phenoxy) is 1. The van der Waals surface area contributed by atoms with Gasteiger partial charge in [-0.05, 0) is 31.2 Å². The lowest BCUT2D eigenvalue weighted by atomic mass is 10.2. The standard InChI is InChI=1S/C18H13ClF2N2O2S/c1-10-15(26-17(22-10)11-5-4-6-12(19)9-11)16(24)23-13-7-2-3-8-14(13)25-18(20)21/h2-9,18H,1H3,(H,23,24). The molecule has 0 saturated heterocycles. The molecule has 1 amide bonds. The Morgan fingerprint density at radius 2 is 2.00 bits per heavy atom. The fourth-order valence-electron chi connectivity index (χ4n) is 2.30. The van der Waals surface area contributed by atoms with Gasteiger partial charge >= 0.3 is 6.61 Å².